The monoisotopic (exact) mass is 489 g/mol. The van der Waals surface area contributed by atoms with Gasteiger partial charge in [0.1, 0.15) is 12.4 Å². The number of amides is 1. The molecule has 3 heterocycles. The summed E-state index contributed by atoms with van der Waals surface area (Å²) in [6, 6.07) is 0. The van der Waals surface area contributed by atoms with Crippen molar-refractivity contribution < 1.29 is 4.79 Å². The second-order valence-electron chi connectivity index (χ2n) is 7.12. The van der Waals surface area contributed by atoms with Gasteiger partial charge in [0.25, 0.3) is 0 Å². The Labute approximate surface area is 178 Å². The lowest BCUT2D eigenvalue weighted by atomic mass is 9.93. The number of rotatable bonds is 5. The van der Waals surface area contributed by atoms with Crippen molar-refractivity contribution in [3.05, 3.63) is 11.6 Å². The van der Waals surface area contributed by atoms with Gasteiger partial charge in [-0.15, -0.1) is 34.2 Å². The summed E-state index contributed by atoms with van der Waals surface area (Å²) in [5.41, 5.74) is 0. The summed E-state index contributed by atoms with van der Waals surface area (Å²) < 4.78 is 2.23. The van der Waals surface area contributed by atoms with Crippen molar-refractivity contribution in [2.45, 2.75) is 58.5 Å². The Balaban J connectivity index is 0.00000261. The number of fused-ring (bicyclic) bond motifs is 1. The molecule has 0 radical (unpaired) electrons. The van der Waals surface area contributed by atoms with Gasteiger partial charge in [0.15, 0.2) is 11.8 Å². The van der Waals surface area contributed by atoms with Crippen LogP contribution in [0.3, 0.4) is 0 Å². The first kappa shape index (κ1) is 21.9. The van der Waals surface area contributed by atoms with Crippen LogP contribution in [0.1, 0.15) is 50.7 Å². The van der Waals surface area contributed by atoms with Crippen molar-refractivity contribution in [1.82, 2.24) is 30.3 Å². The fourth-order valence-electron chi connectivity index (χ4n) is 3.77. The van der Waals surface area contributed by atoms with Crippen molar-refractivity contribution in [2.75, 3.05) is 26.7 Å². The molecule has 1 amide bonds. The standard InChI is InChI=1S/C18H31N7O.HI/c1-3-20-18(24-10-7-14(8-11-24)12-17(26)19-2)21-13-16-23-22-15-6-4-5-9-25(15)16;/h14H,3-13H2,1-2H3,(H,19,26)(H,20,21);1H. The lowest BCUT2D eigenvalue weighted by molar-refractivity contribution is -0.121. The molecule has 2 aliphatic heterocycles. The van der Waals surface area contributed by atoms with E-state index in [2.05, 4.69) is 37.2 Å². The highest BCUT2D eigenvalue weighted by Gasteiger charge is 2.23. The number of nitrogens with one attached hydrogen (secondary N) is 2. The molecule has 0 aliphatic carbocycles. The molecular formula is C18H32IN7O. The number of guanidine groups is 1. The first-order valence-electron chi connectivity index (χ1n) is 9.86. The largest absolute Gasteiger partial charge is 0.359 e. The van der Waals surface area contributed by atoms with Crippen LogP contribution in [-0.2, 0) is 24.3 Å². The number of nitrogens with zero attached hydrogens (tertiary/aromatic N) is 5. The number of carbonyl (C=O) groups excluding carboxylic acids is 1. The van der Waals surface area contributed by atoms with Crippen molar-refractivity contribution in [2.24, 2.45) is 10.9 Å². The van der Waals surface area contributed by atoms with Gasteiger partial charge >= 0.3 is 0 Å². The van der Waals surface area contributed by atoms with E-state index in [0.717, 1.165) is 63.0 Å². The molecule has 0 aromatic carbocycles. The molecule has 8 nitrogen and oxygen atoms in total. The summed E-state index contributed by atoms with van der Waals surface area (Å²) in [6.07, 6.45) is 6.10. The second-order valence-corrected chi connectivity index (χ2v) is 7.12. The van der Waals surface area contributed by atoms with E-state index in [0.29, 0.717) is 18.9 Å². The van der Waals surface area contributed by atoms with Crippen LogP contribution in [-0.4, -0.2) is 58.2 Å². The van der Waals surface area contributed by atoms with E-state index in [1.807, 2.05) is 0 Å². The third-order valence-electron chi connectivity index (χ3n) is 5.31. The van der Waals surface area contributed by atoms with E-state index in [-0.39, 0.29) is 29.9 Å². The molecule has 0 atom stereocenters. The zero-order chi connectivity index (χ0) is 18.4. The van der Waals surface area contributed by atoms with Gasteiger partial charge in [-0.05, 0) is 38.5 Å². The minimum Gasteiger partial charge on any atom is -0.359 e. The van der Waals surface area contributed by atoms with Crippen LogP contribution in [0.4, 0.5) is 0 Å². The van der Waals surface area contributed by atoms with Gasteiger partial charge in [-0.1, -0.05) is 0 Å². The molecule has 2 N–H and O–H groups in total. The first-order valence-corrected chi connectivity index (χ1v) is 9.86. The zero-order valence-electron chi connectivity index (χ0n) is 16.4. The van der Waals surface area contributed by atoms with E-state index >= 15 is 0 Å². The van der Waals surface area contributed by atoms with Gasteiger partial charge in [0.05, 0.1) is 0 Å². The third-order valence-corrected chi connectivity index (χ3v) is 5.31. The van der Waals surface area contributed by atoms with Crippen LogP contribution in [0.15, 0.2) is 4.99 Å². The third kappa shape index (κ3) is 5.79. The fraction of sp³-hybridized carbons (Fsp3) is 0.778. The van der Waals surface area contributed by atoms with Crippen LogP contribution >= 0.6 is 24.0 Å². The molecule has 0 bridgehead atoms. The molecule has 1 aromatic rings. The molecule has 0 saturated carbocycles. The van der Waals surface area contributed by atoms with Gasteiger partial charge in [0.2, 0.25) is 5.91 Å². The predicted molar refractivity (Wildman–Crippen MR) is 116 cm³/mol. The Bertz CT molecular complexity index is 638. The number of hydrogen-bond donors (Lipinski definition) is 2. The van der Waals surface area contributed by atoms with Gasteiger partial charge in [-0.3, -0.25) is 4.79 Å². The normalized spacial score (nSPS) is 17.9. The number of aryl methyl sites for hydroxylation is 1. The summed E-state index contributed by atoms with van der Waals surface area (Å²) in [6.45, 7) is 6.38. The number of piperidine rings is 1. The minimum absolute atomic E-state index is 0. The summed E-state index contributed by atoms with van der Waals surface area (Å²) in [5.74, 6) is 3.61. The number of aromatic nitrogens is 3. The highest BCUT2D eigenvalue weighted by atomic mass is 127. The molecule has 2 aliphatic rings. The van der Waals surface area contributed by atoms with Crippen molar-refractivity contribution in [3.63, 3.8) is 0 Å². The highest BCUT2D eigenvalue weighted by molar-refractivity contribution is 14.0. The number of carbonyl (C=O) groups is 1. The quantitative estimate of drug-likeness (QED) is 0.373. The van der Waals surface area contributed by atoms with Gasteiger partial charge < -0.3 is 20.1 Å². The Morgan fingerprint density at radius 2 is 2.00 bits per heavy atom. The second kappa shape index (κ2) is 10.8. The number of likely N-dealkylation sites (tertiary alicyclic amines) is 1. The van der Waals surface area contributed by atoms with Crippen LogP contribution in [0.25, 0.3) is 0 Å². The van der Waals surface area contributed by atoms with Crippen LogP contribution in [0.2, 0.25) is 0 Å². The average molecular weight is 489 g/mol. The maximum atomic E-state index is 11.6. The first-order chi connectivity index (χ1) is 12.7. The molecule has 9 heteroatoms. The summed E-state index contributed by atoms with van der Waals surface area (Å²) in [4.78, 5) is 18.7. The molecule has 1 fully saturated rings. The highest BCUT2D eigenvalue weighted by Crippen LogP contribution is 2.21. The molecule has 0 unspecified atom stereocenters. The zero-order valence-corrected chi connectivity index (χ0v) is 18.7. The Kier molecular flexibility index (Phi) is 8.78. The van der Waals surface area contributed by atoms with E-state index < -0.39 is 0 Å². The molecule has 27 heavy (non-hydrogen) atoms. The number of aliphatic imine (C=N–C) groups is 1. The lowest BCUT2D eigenvalue weighted by Gasteiger charge is -2.34. The van der Waals surface area contributed by atoms with Crippen molar-refractivity contribution >= 4 is 35.8 Å². The van der Waals surface area contributed by atoms with E-state index in [9.17, 15) is 4.79 Å². The Hall–Kier alpha value is -1.39. The van der Waals surface area contributed by atoms with Gasteiger partial charge in [0, 0.05) is 46.1 Å². The average Bonchev–Trinajstić information content (AvgIpc) is 3.09. The van der Waals surface area contributed by atoms with Crippen LogP contribution in [0, 0.1) is 5.92 Å². The fourth-order valence-corrected chi connectivity index (χ4v) is 3.77. The smallest absolute Gasteiger partial charge is 0.220 e. The molecule has 0 spiro atoms. The maximum Gasteiger partial charge on any atom is 0.220 e. The maximum absolute atomic E-state index is 11.6. The van der Waals surface area contributed by atoms with E-state index in [4.69, 9.17) is 4.99 Å². The predicted octanol–water partition coefficient (Wildman–Crippen LogP) is 1.55. The van der Waals surface area contributed by atoms with E-state index in [1.165, 1.54) is 12.8 Å². The van der Waals surface area contributed by atoms with Gasteiger partial charge in [-0.25, -0.2) is 4.99 Å². The summed E-state index contributed by atoms with van der Waals surface area (Å²) in [5, 5.41) is 14.8. The van der Waals surface area contributed by atoms with Crippen molar-refractivity contribution in [3.8, 4) is 0 Å². The summed E-state index contributed by atoms with van der Waals surface area (Å²) in [7, 11) is 1.70. The molecule has 1 saturated heterocycles. The van der Waals surface area contributed by atoms with Crippen LogP contribution < -0.4 is 10.6 Å². The van der Waals surface area contributed by atoms with Crippen LogP contribution in [0.5, 0.6) is 0 Å². The Morgan fingerprint density at radius 1 is 1.22 bits per heavy atom. The van der Waals surface area contributed by atoms with E-state index in [1.54, 1.807) is 7.05 Å². The number of hydrogen-bond acceptors (Lipinski definition) is 4. The lowest BCUT2D eigenvalue weighted by Crippen LogP contribution is -2.46. The SMILES string of the molecule is CCNC(=NCc1nnc2n1CCCC2)N1CCC(CC(=O)NC)CC1.I. The molecular weight excluding hydrogens is 457 g/mol. The minimum atomic E-state index is 0. The number of halogens is 1. The summed E-state index contributed by atoms with van der Waals surface area (Å²) >= 11 is 0. The van der Waals surface area contributed by atoms with Gasteiger partial charge in [-0.2, -0.15) is 0 Å². The molecule has 152 valence electrons. The topological polar surface area (TPSA) is 87.4 Å². The Morgan fingerprint density at radius 3 is 2.70 bits per heavy atom. The molecule has 3 rings (SSSR count). The van der Waals surface area contributed by atoms with Crippen molar-refractivity contribution in [1.29, 1.82) is 0 Å². The molecule has 1 aromatic heterocycles.